The van der Waals surface area contributed by atoms with Crippen molar-refractivity contribution in [3.63, 3.8) is 0 Å². The molecular weight excluding hydrogens is 483 g/mol. The Morgan fingerprint density at radius 2 is 1.50 bits per heavy atom. The molecule has 2 rings (SSSR count). The summed E-state index contributed by atoms with van der Waals surface area (Å²) in [5.41, 5.74) is 1.01. The Morgan fingerprint density at radius 1 is 0.938 bits per heavy atom. The number of thiocarbonyl (C=S) groups is 2. The molecule has 0 bridgehead atoms. The summed E-state index contributed by atoms with van der Waals surface area (Å²) >= 11 is 15.0. The molecule has 10 heteroatoms. The van der Waals surface area contributed by atoms with Crippen molar-refractivity contribution in [1.82, 2.24) is 9.80 Å². The standard InChI is InChI=1S/C22H29N2O4PS3/c1-23(2)21(31)27-29(25,28-22(32)24(3)4)15-9-14-20(30)17-10-8-13-19(16-17)26-18-11-6-5-7-12-18/h5-8,10-13,16,20,30H,9,14-15H2,1-4H3. The van der Waals surface area contributed by atoms with Crippen LogP contribution in [0.3, 0.4) is 0 Å². The van der Waals surface area contributed by atoms with E-state index in [9.17, 15) is 4.57 Å². The summed E-state index contributed by atoms with van der Waals surface area (Å²) in [6.45, 7) is 0. The van der Waals surface area contributed by atoms with E-state index in [4.69, 9.17) is 50.8 Å². The van der Waals surface area contributed by atoms with Crippen molar-refractivity contribution in [3.05, 3.63) is 60.2 Å². The van der Waals surface area contributed by atoms with Crippen molar-refractivity contribution in [3.8, 4) is 11.5 Å². The largest absolute Gasteiger partial charge is 0.457 e. The highest BCUT2D eigenvalue weighted by Gasteiger charge is 2.31. The lowest BCUT2D eigenvalue weighted by Gasteiger charge is -2.25. The van der Waals surface area contributed by atoms with Crippen LogP contribution in [0.4, 0.5) is 0 Å². The number of benzene rings is 2. The van der Waals surface area contributed by atoms with Gasteiger partial charge in [-0.25, -0.2) is 4.57 Å². The first-order chi connectivity index (χ1) is 15.1. The fourth-order valence-electron chi connectivity index (χ4n) is 2.57. The average Bonchev–Trinajstić information content (AvgIpc) is 2.74. The SMILES string of the molecule is CN(C)C(=S)OP(=O)(CCCC(S)c1cccc(Oc2ccccc2)c1)OC(=S)N(C)C. The van der Waals surface area contributed by atoms with Crippen LogP contribution in [0, 0.1) is 0 Å². The van der Waals surface area contributed by atoms with E-state index >= 15 is 0 Å². The van der Waals surface area contributed by atoms with Crippen molar-refractivity contribution in [2.45, 2.75) is 18.1 Å². The van der Waals surface area contributed by atoms with Crippen molar-refractivity contribution in [1.29, 1.82) is 0 Å². The molecule has 0 saturated heterocycles. The Balaban J connectivity index is 2.00. The monoisotopic (exact) mass is 512 g/mol. The molecule has 0 amide bonds. The van der Waals surface area contributed by atoms with Crippen LogP contribution in [0.1, 0.15) is 23.7 Å². The second-order valence-corrected chi connectivity index (χ2v) is 10.8. The van der Waals surface area contributed by atoms with E-state index < -0.39 is 7.60 Å². The minimum absolute atomic E-state index is 0.0793. The van der Waals surface area contributed by atoms with Gasteiger partial charge in [0.2, 0.25) is 0 Å². The van der Waals surface area contributed by atoms with Crippen molar-refractivity contribution >= 4 is 55.0 Å². The zero-order valence-electron chi connectivity index (χ0n) is 18.6. The third kappa shape index (κ3) is 8.62. The van der Waals surface area contributed by atoms with E-state index in [-0.39, 0.29) is 21.8 Å². The van der Waals surface area contributed by atoms with E-state index in [2.05, 4.69) is 0 Å². The number of ether oxygens (including phenoxy) is 1. The summed E-state index contributed by atoms with van der Waals surface area (Å²) in [7, 11) is 3.29. The molecule has 2 aromatic carbocycles. The normalized spacial score (nSPS) is 11.9. The first kappa shape index (κ1) is 26.5. The summed E-state index contributed by atoms with van der Waals surface area (Å²) in [5, 5.41) is 0.0931. The van der Waals surface area contributed by atoms with Crippen molar-refractivity contribution in [2.24, 2.45) is 0 Å². The lowest BCUT2D eigenvalue weighted by Crippen LogP contribution is -2.26. The van der Waals surface area contributed by atoms with Gasteiger partial charge in [-0.3, -0.25) is 0 Å². The molecule has 0 aliphatic heterocycles. The molecule has 0 spiro atoms. The molecular formula is C22H29N2O4PS3. The molecule has 0 aromatic heterocycles. The van der Waals surface area contributed by atoms with Gasteiger partial charge in [-0.1, -0.05) is 30.3 Å². The van der Waals surface area contributed by atoms with Gasteiger partial charge >= 0.3 is 7.60 Å². The molecule has 0 saturated carbocycles. The van der Waals surface area contributed by atoms with Gasteiger partial charge in [0.25, 0.3) is 10.3 Å². The molecule has 1 atom stereocenters. The Morgan fingerprint density at radius 3 is 2.06 bits per heavy atom. The molecule has 0 radical (unpaired) electrons. The van der Waals surface area contributed by atoms with Crippen molar-refractivity contribution in [2.75, 3.05) is 34.4 Å². The number of hydrogen-bond donors (Lipinski definition) is 1. The zero-order valence-corrected chi connectivity index (χ0v) is 22.1. The van der Waals surface area contributed by atoms with Gasteiger partial charge in [-0.2, -0.15) is 12.6 Å². The van der Waals surface area contributed by atoms with Gasteiger partial charge in [-0.15, -0.1) is 0 Å². The van der Waals surface area contributed by atoms with Gasteiger partial charge < -0.3 is 23.6 Å². The van der Waals surface area contributed by atoms with Crippen molar-refractivity contribution < 1.29 is 18.3 Å². The van der Waals surface area contributed by atoms with E-state index in [0.717, 1.165) is 17.1 Å². The van der Waals surface area contributed by atoms with E-state index in [1.807, 2.05) is 54.6 Å². The summed E-state index contributed by atoms with van der Waals surface area (Å²) in [6.07, 6.45) is 1.35. The Kier molecular flexibility index (Phi) is 10.3. The molecule has 32 heavy (non-hydrogen) atoms. The highest BCUT2D eigenvalue weighted by atomic mass is 32.1. The topological polar surface area (TPSA) is 51.2 Å². The predicted molar refractivity (Wildman–Crippen MR) is 141 cm³/mol. The highest BCUT2D eigenvalue weighted by Crippen LogP contribution is 2.50. The molecule has 0 fully saturated rings. The summed E-state index contributed by atoms with van der Waals surface area (Å²) in [6, 6.07) is 17.4. The quantitative estimate of drug-likeness (QED) is 0.244. The minimum atomic E-state index is -3.57. The van der Waals surface area contributed by atoms with Gasteiger partial charge in [0, 0.05) is 33.4 Å². The van der Waals surface area contributed by atoms with Gasteiger partial charge in [-0.05, 0) is 67.1 Å². The third-order valence-corrected chi connectivity index (χ3v) is 7.76. The van der Waals surface area contributed by atoms with Gasteiger partial charge in [0.15, 0.2) is 0 Å². The maximum Gasteiger partial charge on any atom is 0.434 e. The zero-order chi connectivity index (χ0) is 23.7. The van der Waals surface area contributed by atoms with E-state index in [0.29, 0.717) is 12.8 Å². The number of hydrogen-bond acceptors (Lipinski definition) is 7. The number of nitrogens with zero attached hydrogens (tertiary/aromatic N) is 2. The predicted octanol–water partition coefficient (Wildman–Crippen LogP) is 6.15. The van der Waals surface area contributed by atoms with Crippen LogP contribution in [0.15, 0.2) is 54.6 Å². The molecule has 0 aliphatic carbocycles. The maximum absolute atomic E-state index is 13.3. The summed E-state index contributed by atoms with van der Waals surface area (Å²) in [5.74, 6) is 1.50. The molecule has 2 aromatic rings. The maximum atomic E-state index is 13.3. The first-order valence-corrected chi connectivity index (χ1v) is 13.1. The Hall–Kier alpha value is -1.80. The first-order valence-electron chi connectivity index (χ1n) is 10.0. The van der Waals surface area contributed by atoms with Crippen LogP contribution in [0.5, 0.6) is 11.5 Å². The Labute approximate surface area is 206 Å². The van der Waals surface area contributed by atoms with E-state index in [1.165, 1.54) is 0 Å². The van der Waals surface area contributed by atoms with Crippen LogP contribution < -0.4 is 4.74 Å². The molecule has 1 unspecified atom stereocenters. The lowest BCUT2D eigenvalue weighted by atomic mass is 10.1. The van der Waals surface area contributed by atoms with E-state index in [1.54, 1.807) is 38.0 Å². The Bertz CT molecular complexity index is 931. The van der Waals surface area contributed by atoms with Crippen LogP contribution in [0.25, 0.3) is 0 Å². The van der Waals surface area contributed by atoms with Gasteiger partial charge in [0.1, 0.15) is 11.5 Å². The molecule has 0 N–H and O–H groups in total. The highest BCUT2D eigenvalue weighted by molar-refractivity contribution is 7.81. The van der Waals surface area contributed by atoms with Gasteiger partial charge in [0.05, 0.1) is 6.16 Å². The molecule has 6 nitrogen and oxygen atoms in total. The van der Waals surface area contributed by atoms with Crippen LogP contribution >= 0.6 is 44.7 Å². The molecule has 0 aliphatic rings. The number of thiol groups is 1. The smallest absolute Gasteiger partial charge is 0.434 e. The second-order valence-electron chi connectivity index (χ2n) is 7.48. The van der Waals surface area contributed by atoms with Crippen LogP contribution in [-0.4, -0.2) is 54.5 Å². The number of para-hydroxylation sites is 1. The molecule has 0 heterocycles. The second kappa shape index (κ2) is 12.4. The fraction of sp³-hybridized carbons (Fsp3) is 0.364. The minimum Gasteiger partial charge on any atom is -0.457 e. The number of rotatable bonds is 9. The fourth-order valence-corrected chi connectivity index (χ4v) is 5.18. The average molecular weight is 513 g/mol. The summed E-state index contributed by atoms with van der Waals surface area (Å²) in [4.78, 5) is 3.12. The lowest BCUT2D eigenvalue weighted by molar-refractivity contribution is 0.334. The van der Waals surface area contributed by atoms with Crippen LogP contribution in [0.2, 0.25) is 0 Å². The summed E-state index contributed by atoms with van der Waals surface area (Å²) < 4.78 is 30.3. The van der Waals surface area contributed by atoms with Crippen LogP contribution in [-0.2, 0) is 13.6 Å². The molecule has 174 valence electrons. The third-order valence-electron chi connectivity index (χ3n) is 4.30.